The van der Waals surface area contributed by atoms with Crippen LogP contribution < -0.4 is 10.6 Å². The predicted molar refractivity (Wildman–Crippen MR) is 101 cm³/mol. The van der Waals surface area contributed by atoms with E-state index in [2.05, 4.69) is 24.5 Å². The molecule has 0 saturated carbocycles. The molecule has 0 aliphatic carbocycles. The van der Waals surface area contributed by atoms with E-state index >= 15 is 0 Å². The van der Waals surface area contributed by atoms with Crippen LogP contribution in [0.15, 0.2) is 24.3 Å². The molecule has 2 amide bonds. The highest BCUT2D eigenvalue weighted by Gasteiger charge is 2.14. The van der Waals surface area contributed by atoms with Gasteiger partial charge in [-0.15, -0.1) is 0 Å². The Morgan fingerprint density at radius 3 is 2.28 bits per heavy atom. The number of rotatable bonds is 12. The maximum atomic E-state index is 12.5. The van der Waals surface area contributed by atoms with Crippen LogP contribution in [0, 0.1) is 0 Å². The van der Waals surface area contributed by atoms with E-state index in [0.717, 1.165) is 38.9 Å². The topological polar surface area (TPSA) is 70.7 Å². The lowest BCUT2D eigenvalue weighted by molar-refractivity contribution is -0.115. The Hall–Kier alpha value is -1.92. The minimum absolute atomic E-state index is 0.0430. The Kier molecular flexibility index (Phi) is 10.5. The van der Waals surface area contributed by atoms with Crippen molar-refractivity contribution in [1.29, 1.82) is 0 Å². The van der Waals surface area contributed by atoms with Crippen molar-refractivity contribution in [3.8, 4) is 0 Å². The average Bonchev–Trinajstić information content (AvgIpc) is 2.61. The molecule has 1 aromatic carbocycles. The number of ether oxygens (including phenoxy) is 1. The van der Waals surface area contributed by atoms with Gasteiger partial charge in [-0.3, -0.25) is 9.59 Å². The molecule has 0 aliphatic heterocycles. The van der Waals surface area contributed by atoms with Crippen LogP contribution in [0.2, 0.25) is 0 Å². The third kappa shape index (κ3) is 8.14. The average molecular weight is 349 g/mol. The number of carbonyl (C=O) groups is 2. The van der Waals surface area contributed by atoms with Crippen LogP contribution in [-0.4, -0.2) is 56.6 Å². The molecule has 0 fully saturated rings. The molecule has 25 heavy (non-hydrogen) atoms. The summed E-state index contributed by atoms with van der Waals surface area (Å²) in [5, 5.41) is 5.88. The summed E-state index contributed by atoms with van der Waals surface area (Å²) in [6.45, 7) is 7.33. The van der Waals surface area contributed by atoms with Gasteiger partial charge in [-0.25, -0.2) is 0 Å². The highest BCUT2D eigenvalue weighted by atomic mass is 16.5. The molecule has 0 aromatic heterocycles. The SMILES string of the molecule is CCCN(CCC)C(=O)c1ccc(NC(=O)CNCCCOC)cc1. The largest absolute Gasteiger partial charge is 0.385 e. The van der Waals surface area contributed by atoms with Crippen molar-refractivity contribution in [3.63, 3.8) is 0 Å². The van der Waals surface area contributed by atoms with Gasteiger partial charge in [0.25, 0.3) is 5.91 Å². The number of nitrogens with one attached hydrogen (secondary N) is 2. The second-order valence-electron chi connectivity index (χ2n) is 5.94. The Morgan fingerprint density at radius 1 is 1.08 bits per heavy atom. The van der Waals surface area contributed by atoms with Gasteiger partial charge in [0.05, 0.1) is 6.54 Å². The molecule has 0 atom stereocenters. The van der Waals surface area contributed by atoms with Gasteiger partial charge in [0, 0.05) is 38.1 Å². The highest BCUT2D eigenvalue weighted by molar-refractivity contribution is 5.96. The minimum atomic E-state index is -0.102. The molecule has 2 N–H and O–H groups in total. The number of hydrogen-bond donors (Lipinski definition) is 2. The number of anilines is 1. The van der Waals surface area contributed by atoms with Gasteiger partial charge in [0.15, 0.2) is 0 Å². The summed E-state index contributed by atoms with van der Waals surface area (Å²) >= 11 is 0. The Balaban J connectivity index is 2.49. The van der Waals surface area contributed by atoms with Gasteiger partial charge in [0.1, 0.15) is 0 Å². The zero-order chi connectivity index (χ0) is 18.5. The fourth-order valence-electron chi connectivity index (χ4n) is 2.48. The minimum Gasteiger partial charge on any atom is -0.385 e. The number of carbonyl (C=O) groups excluding carboxylic acids is 2. The van der Waals surface area contributed by atoms with Crippen LogP contribution >= 0.6 is 0 Å². The number of nitrogens with zero attached hydrogens (tertiary/aromatic N) is 1. The molecular weight excluding hydrogens is 318 g/mol. The van der Waals surface area contributed by atoms with E-state index in [1.807, 2.05) is 4.90 Å². The van der Waals surface area contributed by atoms with Crippen molar-refractivity contribution in [2.75, 3.05) is 45.2 Å². The number of amides is 2. The first-order chi connectivity index (χ1) is 12.1. The molecular formula is C19H31N3O3. The lowest BCUT2D eigenvalue weighted by Gasteiger charge is -2.21. The zero-order valence-electron chi connectivity index (χ0n) is 15.6. The lowest BCUT2D eigenvalue weighted by atomic mass is 10.1. The van der Waals surface area contributed by atoms with Gasteiger partial charge in [-0.2, -0.15) is 0 Å². The number of hydrogen-bond acceptors (Lipinski definition) is 4. The second-order valence-corrected chi connectivity index (χ2v) is 5.94. The highest BCUT2D eigenvalue weighted by Crippen LogP contribution is 2.12. The normalized spacial score (nSPS) is 10.5. The lowest BCUT2D eigenvalue weighted by Crippen LogP contribution is -2.32. The van der Waals surface area contributed by atoms with E-state index in [9.17, 15) is 9.59 Å². The van der Waals surface area contributed by atoms with Gasteiger partial charge < -0.3 is 20.3 Å². The third-order valence-electron chi connectivity index (χ3n) is 3.68. The molecule has 0 unspecified atom stereocenters. The van der Waals surface area contributed by atoms with Crippen molar-refractivity contribution in [2.24, 2.45) is 0 Å². The van der Waals surface area contributed by atoms with Crippen LogP contribution in [0.3, 0.4) is 0 Å². The van der Waals surface area contributed by atoms with Crippen LogP contribution in [0.1, 0.15) is 43.5 Å². The van der Waals surface area contributed by atoms with Gasteiger partial charge in [-0.1, -0.05) is 13.8 Å². The van der Waals surface area contributed by atoms with E-state index in [1.165, 1.54) is 0 Å². The molecule has 1 rings (SSSR count). The maximum Gasteiger partial charge on any atom is 0.253 e. The van der Waals surface area contributed by atoms with Crippen molar-refractivity contribution in [2.45, 2.75) is 33.1 Å². The molecule has 6 nitrogen and oxygen atoms in total. The van der Waals surface area contributed by atoms with Crippen molar-refractivity contribution in [1.82, 2.24) is 10.2 Å². The summed E-state index contributed by atoms with van der Waals surface area (Å²) in [4.78, 5) is 26.2. The van der Waals surface area contributed by atoms with Crippen LogP contribution in [0.5, 0.6) is 0 Å². The summed E-state index contributed by atoms with van der Waals surface area (Å²) < 4.78 is 4.95. The molecule has 0 aliphatic rings. The molecule has 0 radical (unpaired) electrons. The Bertz CT molecular complexity index is 511. The first kappa shape index (κ1) is 21.1. The number of methoxy groups -OCH3 is 1. The smallest absolute Gasteiger partial charge is 0.253 e. The molecule has 0 saturated heterocycles. The summed E-state index contributed by atoms with van der Waals surface area (Å²) in [7, 11) is 1.66. The quantitative estimate of drug-likeness (QED) is 0.569. The predicted octanol–water partition coefficient (Wildman–Crippen LogP) is 2.51. The Morgan fingerprint density at radius 2 is 1.72 bits per heavy atom. The summed E-state index contributed by atoms with van der Waals surface area (Å²) in [5.41, 5.74) is 1.34. The van der Waals surface area contributed by atoms with Crippen molar-refractivity contribution >= 4 is 17.5 Å². The van der Waals surface area contributed by atoms with Crippen LogP contribution in [0.25, 0.3) is 0 Å². The van der Waals surface area contributed by atoms with E-state index < -0.39 is 0 Å². The molecule has 0 heterocycles. The van der Waals surface area contributed by atoms with E-state index in [4.69, 9.17) is 4.74 Å². The summed E-state index contributed by atoms with van der Waals surface area (Å²) in [6, 6.07) is 7.07. The van der Waals surface area contributed by atoms with E-state index in [-0.39, 0.29) is 18.4 Å². The first-order valence-electron chi connectivity index (χ1n) is 9.01. The van der Waals surface area contributed by atoms with Crippen molar-refractivity contribution in [3.05, 3.63) is 29.8 Å². The second kappa shape index (κ2) is 12.4. The molecule has 1 aromatic rings. The van der Waals surface area contributed by atoms with Gasteiger partial charge in [-0.05, 0) is 50.1 Å². The summed E-state index contributed by atoms with van der Waals surface area (Å²) in [6.07, 6.45) is 2.75. The van der Waals surface area contributed by atoms with Crippen molar-refractivity contribution < 1.29 is 14.3 Å². The molecule has 0 bridgehead atoms. The van der Waals surface area contributed by atoms with Crippen LogP contribution in [0.4, 0.5) is 5.69 Å². The fraction of sp³-hybridized carbons (Fsp3) is 0.579. The maximum absolute atomic E-state index is 12.5. The van der Waals surface area contributed by atoms with Gasteiger partial charge in [0.2, 0.25) is 5.91 Å². The Labute approximate surface area is 150 Å². The third-order valence-corrected chi connectivity index (χ3v) is 3.68. The van der Waals surface area contributed by atoms with E-state index in [0.29, 0.717) is 17.9 Å². The zero-order valence-corrected chi connectivity index (χ0v) is 15.6. The van der Waals surface area contributed by atoms with E-state index in [1.54, 1.807) is 31.4 Å². The summed E-state index contributed by atoms with van der Waals surface area (Å²) in [5.74, 6) is -0.0588. The molecule has 0 spiro atoms. The number of benzene rings is 1. The monoisotopic (exact) mass is 349 g/mol. The fourth-order valence-corrected chi connectivity index (χ4v) is 2.48. The van der Waals surface area contributed by atoms with Gasteiger partial charge >= 0.3 is 0 Å². The molecule has 6 heteroatoms. The standard InChI is InChI=1S/C19H31N3O3/c1-4-12-22(13-5-2)19(24)16-7-9-17(10-8-16)21-18(23)15-20-11-6-14-25-3/h7-10,20H,4-6,11-15H2,1-3H3,(H,21,23). The first-order valence-corrected chi connectivity index (χ1v) is 9.01. The molecule has 140 valence electrons. The van der Waals surface area contributed by atoms with Crippen LogP contribution in [-0.2, 0) is 9.53 Å².